The Bertz CT molecular complexity index is 776. The maximum atomic E-state index is 12.5. The third kappa shape index (κ3) is 5.32. The van der Waals surface area contributed by atoms with Crippen molar-refractivity contribution in [3.05, 3.63) is 54.2 Å². The van der Waals surface area contributed by atoms with Crippen LogP contribution in [0.1, 0.15) is 42.5 Å². The monoisotopic (exact) mass is 384 g/mol. The number of esters is 1. The van der Waals surface area contributed by atoms with Gasteiger partial charge in [-0.05, 0) is 37.1 Å². The summed E-state index contributed by atoms with van der Waals surface area (Å²) >= 11 is 1.40. The van der Waals surface area contributed by atoms with Crippen molar-refractivity contribution in [3.8, 4) is 0 Å². The van der Waals surface area contributed by atoms with Crippen LogP contribution in [0.5, 0.6) is 0 Å². The number of pyridine rings is 1. The summed E-state index contributed by atoms with van der Waals surface area (Å²) in [6, 6.07) is 13.3. The number of benzene rings is 1. The number of amides is 1. The van der Waals surface area contributed by atoms with E-state index in [2.05, 4.69) is 4.98 Å². The van der Waals surface area contributed by atoms with Crippen molar-refractivity contribution in [1.82, 2.24) is 9.88 Å². The Morgan fingerprint density at radius 3 is 2.59 bits per heavy atom. The highest BCUT2D eigenvalue weighted by atomic mass is 32.2. The van der Waals surface area contributed by atoms with Crippen LogP contribution in [-0.4, -0.2) is 41.5 Å². The highest BCUT2D eigenvalue weighted by Gasteiger charge is 2.23. The number of carbonyl (C=O) groups excluding carboxylic acids is 2. The minimum absolute atomic E-state index is 0.156. The van der Waals surface area contributed by atoms with Gasteiger partial charge in [0.15, 0.2) is 6.61 Å². The predicted molar refractivity (Wildman–Crippen MR) is 105 cm³/mol. The zero-order chi connectivity index (χ0) is 19.1. The molecular formula is C21H24N2O3S. The summed E-state index contributed by atoms with van der Waals surface area (Å²) in [4.78, 5) is 31.9. The van der Waals surface area contributed by atoms with Crippen molar-refractivity contribution >= 4 is 23.6 Å². The number of carbonyl (C=O) groups is 2. The van der Waals surface area contributed by atoms with Gasteiger partial charge in [0.05, 0.1) is 5.56 Å². The number of hydrogen-bond donors (Lipinski definition) is 0. The Hall–Kier alpha value is -2.34. The van der Waals surface area contributed by atoms with Crippen LogP contribution in [0.25, 0.3) is 0 Å². The molecule has 1 aromatic carbocycles. The van der Waals surface area contributed by atoms with E-state index in [1.165, 1.54) is 18.2 Å². The van der Waals surface area contributed by atoms with Gasteiger partial charge in [-0.2, -0.15) is 0 Å². The van der Waals surface area contributed by atoms with E-state index < -0.39 is 5.97 Å². The molecule has 1 aliphatic carbocycles. The van der Waals surface area contributed by atoms with Crippen molar-refractivity contribution in [2.45, 2.75) is 48.1 Å². The molecule has 5 nitrogen and oxygen atoms in total. The molecule has 1 fully saturated rings. The fourth-order valence-electron chi connectivity index (χ4n) is 3.21. The lowest BCUT2D eigenvalue weighted by molar-refractivity contribution is -0.135. The van der Waals surface area contributed by atoms with Gasteiger partial charge >= 0.3 is 5.97 Å². The first-order valence-electron chi connectivity index (χ1n) is 9.26. The van der Waals surface area contributed by atoms with E-state index in [9.17, 15) is 9.59 Å². The lowest BCUT2D eigenvalue weighted by atomic mass is 9.94. The molecule has 27 heavy (non-hydrogen) atoms. The molecule has 0 N–H and O–H groups in total. The lowest BCUT2D eigenvalue weighted by Gasteiger charge is -2.31. The van der Waals surface area contributed by atoms with Gasteiger partial charge in [0.2, 0.25) is 0 Å². The van der Waals surface area contributed by atoms with Crippen LogP contribution in [0.4, 0.5) is 0 Å². The Morgan fingerprint density at radius 1 is 1.11 bits per heavy atom. The van der Waals surface area contributed by atoms with Crippen molar-refractivity contribution in [1.29, 1.82) is 0 Å². The van der Waals surface area contributed by atoms with E-state index in [1.54, 1.807) is 30.3 Å². The molecule has 1 aromatic heterocycles. The number of nitrogens with zero attached hydrogens (tertiary/aromatic N) is 2. The molecule has 0 bridgehead atoms. The van der Waals surface area contributed by atoms with Gasteiger partial charge < -0.3 is 9.64 Å². The number of ether oxygens (including phenoxy) is 1. The fraction of sp³-hybridized carbons (Fsp3) is 0.381. The molecule has 0 unspecified atom stereocenters. The van der Waals surface area contributed by atoms with E-state index in [1.807, 2.05) is 30.3 Å². The summed E-state index contributed by atoms with van der Waals surface area (Å²) in [5.74, 6) is -0.677. The smallest absolute Gasteiger partial charge is 0.341 e. The maximum absolute atomic E-state index is 12.5. The van der Waals surface area contributed by atoms with E-state index in [4.69, 9.17) is 4.74 Å². The Labute approximate surface area is 164 Å². The number of likely N-dealkylation sites (N-methyl/N-ethyl adjacent to an activating group) is 1. The van der Waals surface area contributed by atoms with E-state index in [0.29, 0.717) is 10.6 Å². The van der Waals surface area contributed by atoms with Crippen LogP contribution < -0.4 is 0 Å². The highest BCUT2D eigenvalue weighted by Crippen LogP contribution is 2.28. The van der Waals surface area contributed by atoms with Gasteiger partial charge in [-0.1, -0.05) is 49.2 Å². The van der Waals surface area contributed by atoms with Crippen molar-refractivity contribution in [2.24, 2.45) is 0 Å². The summed E-state index contributed by atoms with van der Waals surface area (Å²) < 4.78 is 5.30. The minimum Gasteiger partial charge on any atom is -0.452 e. The molecule has 6 heteroatoms. The van der Waals surface area contributed by atoms with Gasteiger partial charge in [0.1, 0.15) is 5.03 Å². The first kappa shape index (κ1) is 19.4. The Balaban J connectivity index is 1.60. The molecular weight excluding hydrogens is 360 g/mol. The molecule has 0 atom stereocenters. The zero-order valence-electron chi connectivity index (χ0n) is 15.5. The predicted octanol–water partition coefficient (Wildman–Crippen LogP) is 4.18. The first-order valence-corrected chi connectivity index (χ1v) is 10.1. The van der Waals surface area contributed by atoms with Gasteiger partial charge in [-0.25, -0.2) is 9.78 Å². The van der Waals surface area contributed by atoms with Crippen LogP contribution in [0.15, 0.2) is 58.6 Å². The second-order valence-corrected chi connectivity index (χ2v) is 7.71. The molecule has 0 aliphatic heterocycles. The van der Waals surface area contributed by atoms with Gasteiger partial charge in [0.25, 0.3) is 5.91 Å². The molecule has 1 amide bonds. The molecule has 142 valence electrons. The van der Waals surface area contributed by atoms with Crippen LogP contribution >= 0.6 is 11.8 Å². The van der Waals surface area contributed by atoms with Crippen molar-refractivity contribution < 1.29 is 14.3 Å². The number of hydrogen-bond acceptors (Lipinski definition) is 5. The average Bonchev–Trinajstić information content (AvgIpc) is 2.73. The van der Waals surface area contributed by atoms with Gasteiger partial charge in [0, 0.05) is 24.2 Å². The topological polar surface area (TPSA) is 59.5 Å². The second kappa shape index (κ2) is 9.55. The van der Waals surface area contributed by atoms with Crippen LogP contribution in [-0.2, 0) is 9.53 Å². The quantitative estimate of drug-likeness (QED) is 0.699. The molecule has 1 heterocycles. The summed E-state index contributed by atoms with van der Waals surface area (Å²) in [5.41, 5.74) is 0.375. The summed E-state index contributed by atoms with van der Waals surface area (Å²) in [7, 11) is 1.80. The molecule has 0 spiro atoms. The third-order valence-electron chi connectivity index (χ3n) is 4.79. The largest absolute Gasteiger partial charge is 0.452 e. The summed E-state index contributed by atoms with van der Waals surface area (Å²) in [6.45, 7) is -0.240. The minimum atomic E-state index is -0.521. The van der Waals surface area contributed by atoms with E-state index in [-0.39, 0.29) is 18.6 Å². The normalized spacial score (nSPS) is 14.6. The zero-order valence-corrected chi connectivity index (χ0v) is 16.3. The highest BCUT2D eigenvalue weighted by molar-refractivity contribution is 7.99. The molecule has 2 aromatic rings. The fourth-order valence-corrected chi connectivity index (χ4v) is 4.10. The average molecular weight is 385 g/mol. The van der Waals surface area contributed by atoms with Crippen LogP contribution in [0.2, 0.25) is 0 Å². The standard InChI is InChI=1S/C21H24N2O3S/c1-23(16-9-4-2-5-10-16)19(24)15-26-21(25)18-13-8-14-22-20(18)27-17-11-6-3-7-12-17/h3,6-8,11-14,16H,2,4-5,9-10,15H2,1H3. The van der Waals surface area contributed by atoms with E-state index >= 15 is 0 Å². The van der Waals surface area contributed by atoms with Crippen LogP contribution in [0, 0.1) is 0 Å². The van der Waals surface area contributed by atoms with Crippen LogP contribution in [0.3, 0.4) is 0 Å². The van der Waals surface area contributed by atoms with Gasteiger partial charge in [-0.15, -0.1) is 0 Å². The Morgan fingerprint density at radius 2 is 1.85 bits per heavy atom. The van der Waals surface area contributed by atoms with E-state index in [0.717, 1.165) is 30.6 Å². The Kier molecular flexibility index (Phi) is 6.87. The molecule has 0 radical (unpaired) electrons. The molecule has 1 aliphatic rings. The van der Waals surface area contributed by atoms with Crippen molar-refractivity contribution in [2.75, 3.05) is 13.7 Å². The molecule has 0 saturated heterocycles. The summed E-state index contributed by atoms with van der Waals surface area (Å²) in [5, 5.41) is 0.571. The maximum Gasteiger partial charge on any atom is 0.341 e. The first-order chi connectivity index (χ1) is 13.1. The van der Waals surface area contributed by atoms with Gasteiger partial charge in [-0.3, -0.25) is 4.79 Å². The SMILES string of the molecule is CN(C(=O)COC(=O)c1cccnc1Sc1ccccc1)C1CCCCC1. The molecule has 3 rings (SSSR count). The number of aromatic nitrogens is 1. The third-order valence-corrected chi connectivity index (χ3v) is 5.82. The second-order valence-electron chi connectivity index (χ2n) is 6.64. The lowest BCUT2D eigenvalue weighted by Crippen LogP contribution is -2.40. The summed E-state index contributed by atoms with van der Waals surface area (Å²) in [6.07, 6.45) is 7.23. The number of rotatable bonds is 6. The van der Waals surface area contributed by atoms with Crippen molar-refractivity contribution in [3.63, 3.8) is 0 Å². The molecule has 1 saturated carbocycles.